The summed E-state index contributed by atoms with van der Waals surface area (Å²) in [4.78, 5) is 43.4. The van der Waals surface area contributed by atoms with Gasteiger partial charge in [-0.25, -0.2) is 9.97 Å². The number of pyridine rings is 2. The second kappa shape index (κ2) is 8.24. The molecule has 0 saturated heterocycles. The maximum atomic E-state index is 12.9. The predicted octanol–water partition coefficient (Wildman–Crippen LogP) is 2.02. The summed E-state index contributed by atoms with van der Waals surface area (Å²) >= 11 is 0. The lowest BCUT2D eigenvalue weighted by Gasteiger charge is -2.11. The monoisotopic (exact) mass is 380 g/mol. The summed E-state index contributed by atoms with van der Waals surface area (Å²) in [6.07, 6.45) is 6.78. The van der Waals surface area contributed by atoms with Crippen LogP contribution in [0.25, 0.3) is 22.1 Å². The Bertz CT molecular complexity index is 1110. The zero-order valence-electron chi connectivity index (χ0n) is 16.6. The fourth-order valence-electron chi connectivity index (χ4n) is 3.02. The highest BCUT2D eigenvalue weighted by Gasteiger charge is 2.16. The van der Waals surface area contributed by atoms with Crippen LogP contribution in [0.5, 0.6) is 0 Å². The van der Waals surface area contributed by atoms with Crippen molar-refractivity contribution in [2.45, 2.75) is 40.8 Å². The zero-order chi connectivity index (χ0) is 20.3. The molecule has 3 rings (SSSR count). The Kier molecular flexibility index (Phi) is 5.77. The highest BCUT2D eigenvalue weighted by molar-refractivity contribution is 6.01. The molecule has 28 heavy (non-hydrogen) atoms. The average molecular weight is 380 g/mol. The summed E-state index contributed by atoms with van der Waals surface area (Å²) in [6, 6.07) is 0. The van der Waals surface area contributed by atoms with Crippen molar-refractivity contribution in [3.05, 3.63) is 44.2 Å². The zero-order valence-corrected chi connectivity index (χ0v) is 16.6. The fourth-order valence-corrected chi connectivity index (χ4v) is 3.02. The van der Waals surface area contributed by atoms with E-state index >= 15 is 0 Å². The molecule has 0 N–H and O–H groups in total. The first-order chi connectivity index (χ1) is 13.5. The second-order valence-electron chi connectivity index (χ2n) is 6.23. The van der Waals surface area contributed by atoms with Gasteiger partial charge < -0.3 is 9.13 Å². The standard InChI is InChI=1S/C20H24N6O2/c1-5-21-9-13-11-25(7-3)19(27)17-15(13)23-18-16(24-17)14(10-22-6-2)12-26(8-4)20(18)28/h9-12H,5-8H2,1-4H3. The largest absolute Gasteiger partial charge is 0.313 e. The molecule has 0 aliphatic heterocycles. The highest BCUT2D eigenvalue weighted by Crippen LogP contribution is 2.17. The number of rotatable bonds is 6. The van der Waals surface area contributed by atoms with Crippen LogP contribution in [0, 0.1) is 0 Å². The topological polar surface area (TPSA) is 94.5 Å². The summed E-state index contributed by atoms with van der Waals surface area (Å²) in [5.74, 6) is 0. The average Bonchev–Trinajstić information content (AvgIpc) is 2.72. The van der Waals surface area contributed by atoms with Gasteiger partial charge in [-0.05, 0) is 27.7 Å². The summed E-state index contributed by atoms with van der Waals surface area (Å²) in [7, 11) is 0. The normalized spacial score (nSPS) is 12.1. The lowest BCUT2D eigenvalue weighted by Crippen LogP contribution is -2.25. The van der Waals surface area contributed by atoms with Crippen molar-refractivity contribution in [2.24, 2.45) is 9.98 Å². The number of fused-ring (bicyclic) bond motifs is 2. The number of aryl methyl sites for hydroxylation is 2. The van der Waals surface area contributed by atoms with Gasteiger partial charge in [-0.15, -0.1) is 0 Å². The van der Waals surface area contributed by atoms with Crippen molar-refractivity contribution in [1.82, 2.24) is 19.1 Å². The maximum absolute atomic E-state index is 12.9. The molecular weight excluding hydrogens is 356 g/mol. The van der Waals surface area contributed by atoms with E-state index in [1.54, 1.807) is 34.0 Å². The molecule has 0 atom stereocenters. The van der Waals surface area contributed by atoms with Gasteiger partial charge in [0.1, 0.15) is 11.0 Å². The molecule has 0 unspecified atom stereocenters. The summed E-state index contributed by atoms with van der Waals surface area (Å²) in [5.41, 5.74) is 2.11. The first kappa shape index (κ1) is 19.6. The molecule has 0 bridgehead atoms. The van der Waals surface area contributed by atoms with Crippen LogP contribution in [0.4, 0.5) is 0 Å². The number of hydrogen-bond donors (Lipinski definition) is 0. The molecule has 0 fully saturated rings. The molecule has 3 aromatic heterocycles. The Labute approximate surface area is 162 Å². The van der Waals surface area contributed by atoms with E-state index in [0.717, 1.165) is 0 Å². The Morgan fingerprint density at radius 1 is 0.750 bits per heavy atom. The number of aliphatic imine (C=N–C) groups is 2. The van der Waals surface area contributed by atoms with E-state index in [1.165, 1.54) is 0 Å². The minimum absolute atomic E-state index is 0.231. The first-order valence-electron chi connectivity index (χ1n) is 9.53. The van der Waals surface area contributed by atoms with E-state index in [2.05, 4.69) is 20.0 Å². The van der Waals surface area contributed by atoms with Gasteiger partial charge >= 0.3 is 0 Å². The Morgan fingerprint density at radius 2 is 1.14 bits per heavy atom. The van der Waals surface area contributed by atoms with Gasteiger partial charge in [0.15, 0.2) is 11.0 Å². The van der Waals surface area contributed by atoms with Gasteiger partial charge in [0.2, 0.25) is 0 Å². The van der Waals surface area contributed by atoms with Gasteiger partial charge in [0, 0.05) is 62.1 Å². The molecule has 8 heteroatoms. The number of nitrogens with zero attached hydrogens (tertiary/aromatic N) is 6. The number of hydrogen-bond acceptors (Lipinski definition) is 6. The first-order valence-corrected chi connectivity index (χ1v) is 9.53. The van der Waals surface area contributed by atoms with Crippen LogP contribution in [0.1, 0.15) is 38.8 Å². The maximum Gasteiger partial charge on any atom is 0.278 e. The number of aromatic nitrogens is 4. The Hall–Kier alpha value is -3.16. The fraction of sp³-hybridized carbons (Fsp3) is 0.400. The van der Waals surface area contributed by atoms with E-state index in [9.17, 15) is 9.59 Å². The minimum atomic E-state index is -0.237. The van der Waals surface area contributed by atoms with Crippen molar-refractivity contribution >= 4 is 34.5 Å². The third-order valence-corrected chi connectivity index (χ3v) is 4.47. The molecule has 0 aliphatic rings. The van der Waals surface area contributed by atoms with Gasteiger partial charge in [0.25, 0.3) is 11.1 Å². The van der Waals surface area contributed by atoms with Crippen molar-refractivity contribution in [3.63, 3.8) is 0 Å². The van der Waals surface area contributed by atoms with Crippen LogP contribution in [0.2, 0.25) is 0 Å². The van der Waals surface area contributed by atoms with E-state index < -0.39 is 0 Å². The van der Waals surface area contributed by atoms with Gasteiger partial charge in [0.05, 0.1) is 0 Å². The molecule has 3 aromatic rings. The van der Waals surface area contributed by atoms with Crippen molar-refractivity contribution < 1.29 is 0 Å². The molecule has 0 amide bonds. The minimum Gasteiger partial charge on any atom is -0.313 e. The molecule has 0 radical (unpaired) electrons. The third kappa shape index (κ3) is 3.37. The quantitative estimate of drug-likeness (QED) is 0.483. The Balaban J connectivity index is 2.52. The predicted molar refractivity (Wildman–Crippen MR) is 113 cm³/mol. The smallest absolute Gasteiger partial charge is 0.278 e. The SMILES string of the molecule is CCN=Cc1cn(CC)c(=O)c2nc3c(C=NCC)cn(CC)c(=O)c3nc12. The second-order valence-corrected chi connectivity index (χ2v) is 6.23. The molecular formula is C20H24N6O2. The molecule has 0 spiro atoms. The van der Waals surface area contributed by atoms with Crippen molar-refractivity contribution in [1.29, 1.82) is 0 Å². The highest BCUT2D eigenvalue weighted by atomic mass is 16.1. The van der Waals surface area contributed by atoms with Crippen LogP contribution in [-0.2, 0) is 13.1 Å². The van der Waals surface area contributed by atoms with Gasteiger partial charge in [-0.2, -0.15) is 0 Å². The van der Waals surface area contributed by atoms with E-state index in [-0.39, 0.29) is 22.2 Å². The molecule has 0 saturated carbocycles. The summed E-state index contributed by atoms with van der Waals surface area (Å²) < 4.78 is 3.15. The molecule has 146 valence electrons. The van der Waals surface area contributed by atoms with Crippen LogP contribution in [-0.4, -0.2) is 44.6 Å². The van der Waals surface area contributed by atoms with E-state index in [0.29, 0.717) is 48.3 Å². The summed E-state index contributed by atoms with van der Waals surface area (Å²) in [5, 5.41) is 0. The van der Waals surface area contributed by atoms with Crippen LogP contribution in [0.3, 0.4) is 0 Å². The van der Waals surface area contributed by atoms with Crippen molar-refractivity contribution in [2.75, 3.05) is 13.1 Å². The lowest BCUT2D eigenvalue weighted by molar-refractivity contribution is 0.728. The van der Waals surface area contributed by atoms with Crippen LogP contribution >= 0.6 is 0 Å². The molecule has 0 aliphatic carbocycles. The molecule has 8 nitrogen and oxygen atoms in total. The third-order valence-electron chi connectivity index (χ3n) is 4.47. The van der Waals surface area contributed by atoms with Crippen molar-refractivity contribution in [3.8, 4) is 0 Å². The van der Waals surface area contributed by atoms with Crippen LogP contribution in [0.15, 0.2) is 32.0 Å². The summed E-state index contributed by atoms with van der Waals surface area (Å²) in [6.45, 7) is 9.85. The van der Waals surface area contributed by atoms with E-state index in [4.69, 9.17) is 0 Å². The molecule has 0 aromatic carbocycles. The molecule has 3 heterocycles. The van der Waals surface area contributed by atoms with Gasteiger partial charge in [-0.1, -0.05) is 0 Å². The van der Waals surface area contributed by atoms with Gasteiger partial charge in [-0.3, -0.25) is 19.6 Å². The Morgan fingerprint density at radius 3 is 1.46 bits per heavy atom. The van der Waals surface area contributed by atoms with Crippen LogP contribution < -0.4 is 11.1 Å². The van der Waals surface area contributed by atoms with E-state index in [1.807, 2.05) is 27.7 Å². The lowest BCUT2D eigenvalue weighted by atomic mass is 10.2.